The Hall–Kier alpha value is -2.72. The van der Waals surface area contributed by atoms with E-state index in [2.05, 4.69) is 15.7 Å². The van der Waals surface area contributed by atoms with Crippen molar-refractivity contribution in [2.75, 3.05) is 18.4 Å². The third kappa shape index (κ3) is 6.42. The summed E-state index contributed by atoms with van der Waals surface area (Å²) in [4.78, 5) is 25.9. The van der Waals surface area contributed by atoms with Gasteiger partial charge in [0.15, 0.2) is 0 Å². The minimum absolute atomic E-state index is 0.0407. The molecular weight excluding hydrogens is 442 g/mol. The lowest BCUT2D eigenvalue weighted by molar-refractivity contribution is -0.118. The lowest BCUT2D eigenvalue weighted by Gasteiger charge is -2.22. The normalized spacial score (nSPS) is 13.2. The van der Waals surface area contributed by atoms with Crippen LogP contribution in [0.3, 0.4) is 0 Å². The van der Waals surface area contributed by atoms with Gasteiger partial charge in [0.1, 0.15) is 6.04 Å². The average molecular weight is 478 g/mol. The monoisotopic (exact) mass is 477 g/mol. The van der Waals surface area contributed by atoms with Crippen LogP contribution in [0.5, 0.6) is 0 Å². The van der Waals surface area contributed by atoms with Crippen LogP contribution >= 0.6 is 0 Å². The van der Waals surface area contributed by atoms with Gasteiger partial charge in [-0.05, 0) is 44.9 Å². The number of nitrogens with zero attached hydrogens (tertiary/aromatic N) is 3. The second-order valence-corrected chi connectivity index (χ2v) is 11.1. The molecule has 33 heavy (non-hydrogen) atoms. The van der Waals surface area contributed by atoms with E-state index < -0.39 is 22.0 Å². The van der Waals surface area contributed by atoms with Gasteiger partial charge in [-0.2, -0.15) is 9.40 Å². The summed E-state index contributed by atoms with van der Waals surface area (Å²) in [6.07, 6.45) is 3.29. The first-order valence-corrected chi connectivity index (χ1v) is 12.5. The van der Waals surface area contributed by atoms with E-state index in [1.54, 1.807) is 30.9 Å². The third-order valence-corrected chi connectivity index (χ3v) is 7.26. The average Bonchev–Trinajstić information content (AvgIpc) is 3.21. The zero-order valence-corrected chi connectivity index (χ0v) is 21.2. The molecule has 0 saturated heterocycles. The fourth-order valence-corrected chi connectivity index (χ4v) is 4.75. The van der Waals surface area contributed by atoms with E-state index in [1.807, 2.05) is 34.6 Å². The van der Waals surface area contributed by atoms with Crippen molar-refractivity contribution in [2.24, 2.45) is 5.92 Å². The molecule has 0 aliphatic rings. The highest BCUT2D eigenvalue weighted by molar-refractivity contribution is 7.89. The first kappa shape index (κ1) is 26.5. The van der Waals surface area contributed by atoms with E-state index in [0.29, 0.717) is 18.8 Å². The van der Waals surface area contributed by atoms with Crippen molar-refractivity contribution in [3.8, 4) is 0 Å². The summed E-state index contributed by atoms with van der Waals surface area (Å²) >= 11 is 0. The molecule has 0 radical (unpaired) electrons. The molecule has 2 rings (SSSR count). The van der Waals surface area contributed by atoms with Crippen molar-refractivity contribution in [2.45, 2.75) is 64.9 Å². The number of benzene rings is 1. The molecule has 2 amide bonds. The first-order valence-electron chi connectivity index (χ1n) is 11.1. The smallest absolute Gasteiger partial charge is 0.251 e. The molecule has 10 heteroatoms. The first-order chi connectivity index (χ1) is 15.3. The van der Waals surface area contributed by atoms with Crippen LogP contribution < -0.4 is 10.6 Å². The second-order valence-electron chi connectivity index (χ2n) is 9.15. The van der Waals surface area contributed by atoms with E-state index in [0.717, 1.165) is 0 Å². The van der Waals surface area contributed by atoms with Gasteiger partial charge in [-0.15, -0.1) is 0 Å². The maximum absolute atomic E-state index is 12.9. The number of nitrogens with one attached hydrogen (secondary N) is 2. The summed E-state index contributed by atoms with van der Waals surface area (Å²) in [5, 5.41) is 9.81. The number of carbonyl (C=O) groups excluding carboxylic acids is 2. The Morgan fingerprint density at radius 3 is 2.30 bits per heavy atom. The van der Waals surface area contributed by atoms with E-state index >= 15 is 0 Å². The van der Waals surface area contributed by atoms with Crippen molar-refractivity contribution in [3.05, 3.63) is 42.2 Å². The molecule has 0 bridgehead atoms. The lowest BCUT2D eigenvalue weighted by atomic mass is 10.0. The fraction of sp³-hybridized carbons (Fsp3) is 0.522. The van der Waals surface area contributed by atoms with E-state index in [4.69, 9.17) is 0 Å². The van der Waals surface area contributed by atoms with E-state index in [9.17, 15) is 18.0 Å². The Morgan fingerprint density at radius 1 is 1.15 bits per heavy atom. The molecule has 1 aromatic heterocycles. The summed E-state index contributed by atoms with van der Waals surface area (Å²) in [7, 11) is -3.70. The number of hydrogen-bond donors (Lipinski definition) is 2. The molecule has 0 aliphatic heterocycles. The molecule has 0 fully saturated rings. The second kappa shape index (κ2) is 10.5. The van der Waals surface area contributed by atoms with E-state index in [1.165, 1.54) is 28.6 Å². The van der Waals surface area contributed by atoms with Gasteiger partial charge in [0, 0.05) is 24.8 Å². The van der Waals surface area contributed by atoms with Gasteiger partial charge in [-0.25, -0.2) is 8.42 Å². The minimum Gasteiger partial charge on any atom is -0.340 e. The lowest BCUT2D eigenvalue weighted by Crippen LogP contribution is -2.47. The Kier molecular flexibility index (Phi) is 8.42. The highest BCUT2D eigenvalue weighted by atomic mass is 32.2. The Bertz CT molecular complexity index is 1080. The summed E-state index contributed by atoms with van der Waals surface area (Å²) in [5.74, 6) is -1.10. The van der Waals surface area contributed by atoms with Crippen molar-refractivity contribution in [1.82, 2.24) is 19.4 Å². The number of carbonyl (C=O) groups is 2. The SMILES string of the molecule is CCN(CC)S(=O)(=O)c1cccc(C(=O)NC(C(=O)Nc2cnn(C(C)(C)C)c2)C(C)C)c1. The summed E-state index contributed by atoms with van der Waals surface area (Å²) in [5.41, 5.74) is 0.467. The number of hydrogen-bond acceptors (Lipinski definition) is 5. The molecule has 2 N–H and O–H groups in total. The predicted molar refractivity (Wildman–Crippen MR) is 128 cm³/mol. The van der Waals surface area contributed by atoms with Gasteiger partial charge >= 0.3 is 0 Å². The van der Waals surface area contributed by atoms with Gasteiger partial charge < -0.3 is 10.6 Å². The number of rotatable bonds is 9. The quantitative estimate of drug-likeness (QED) is 0.576. The molecule has 1 atom stereocenters. The van der Waals surface area contributed by atoms with Crippen LogP contribution in [-0.2, 0) is 20.4 Å². The Morgan fingerprint density at radius 2 is 1.79 bits per heavy atom. The Balaban J connectivity index is 2.20. The molecule has 2 aromatic rings. The van der Waals surface area contributed by atoms with Gasteiger partial charge in [-0.1, -0.05) is 33.8 Å². The molecular formula is C23H35N5O4S. The molecule has 0 saturated carbocycles. The number of sulfonamides is 1. The van der Waals surface area contributed by atoms with Crippen LogP contribution in [0.25, 0.3) is 0 Å². The van der Waals surface area contributed by atoms with Crippen molar-refractivity contribution < 1.29 is 18.0 Å². The standard InChI is InChI=1S/C23H35N5O4S/c1-8-27(9-2)33(31,32)19-12-10-11-17(13-19)21(29)26-20(16(3)4)22(30)25-18-14-24-28(15-18)23(5,6)7/h10-16,20H,8-9H2,1-7H3,(H,25,30)(H,26,29). The number of aromatic nitrogens is 2. The van der Waals surface area contributed by atoms with Crippen LogP contribution in [0.4, 0.5) is 5.69 Å². The highest BCUT2D eigenvalue weighted by Crippen LogP contribution is 2.19. The molecule has 0 aliphatic carbocycles. The number of amides is 2. The van der Waals surface area contributed by atoms with Crippen LogP contribution in [0.1, 0.15) is 58.8 Å². The number of anilines is 1. The highest BCUT2D eigenvalue weighted by Gasteiger charge is 2.27. The predicted octanol–water partition coefficient (Wildman–Crippen LogP) is 3.06. The van der Waals surface area contributed by atoms with Crippen molar-refractivity contribution in [1.29, 1.82) is 0 Å². The minimum atomic E-state index is -3.70. The molecule has 0 spiro atoms. The topological polar surface area (TPSA) is 113 Å². The summed E-state index contributed by atoms with van der Waals surface area (Å²) < 4.78 is 28.7. The van der Waals surface area contributed by atoms with Gasteiger partial charge in [0.05, 0.1) is 22.3 Å². The van der Waals surface area contributed by atoms with Crippen molar-refractivity contribution in [3.63, 3.8) is 0 Å². The molecule has 1 heterocycles. The fourth-order valence-electron chi connectivity index (χ4n) is 3.24. The summed E-state index contributed by atoms with van der Waals surface area (Å²) in [6.45, 7) is 13.8. The van der Waals surface area contributed by atoms with Gasteiger partial charge in [-0.3, -0.25) is 14.3 Å². The van der Waals surface area contributed by atoms with Crippen LogP contribution in [0, 0.1) is 5.92 Å². The van der Waals surface area contributed by atoms with Crippen LogP contribution in [0.2, 0.25) is 0 Å². The maximum atomic E-state index is 12.9. The largest absolute Gasteiger partial charge is 0.340 e. The zero-order valence-electron chi connectivity index (χ0n) is 20.4. The van der Waals surface area contributed by atoms with Crippen LogP contribution in [0.15, 0.2) is 41.6 Å². The summed E-state index contributed by atoms with van der Waals surface area (Å²) in [6, 6.07) is 5.03. The Labute approximate surface area is 196 Å². The molecule has 1 unspecified atom stereocenters. The van der Waals surface area contributed by atoms with Crippen LogP contribution in [-0.4, -0.2) is 53.4 Å². The zero-order chi connectivity index (χ0) is 25.0. The molecule has 9 nitrogen and oxygen atoms in total. The van der Waals surface area contributed by atoms with Crippen molar-refractivity contribution >= 4 is 27.5 Å². The third-order valence-electron chi connectivity index (χ3n) is 5.21. The van der Waals surface area contributed by atoms with Gasteiger partial charge in [0.25, 0.3) is 5.91 Å². The molecule has 1 aromatic carbocycles. The van der Waals surface area contributed by atoms with E-state index in [-0.39, 0.29) is 27.8 Å². The molecule has 182 valence electrons. The van der Waals surface area contributed by atoms with Gasteiger partial charge in [0.2, 0.25) is 15.9 Å². The maximum Gasteiger partial charge on any atom is 0.251 e.